The molecule has 0 aromatic carbocycles. The van der Waals surface area contributed by atoms with Crippen LogP contribution in [-0.2, 0) is 21.9 Å². The van der Waals surface area contributed by atoms with Crippen molar-refractivity contribution in [1.82, 2.24) is 9.47 Å². The fourth-order valence-electron chi connectivity index (χ4n) is 2.57. The maximum absolute atomic E-state index is 12.5. The van der Waals surface area contributed by atoms with Gasteiger partial charge in [-0.2, -0.15) is 0 Å². The summed E-state index contributed by atoms with van der Waals surface area (Å²) < 4.78 is 24.0. The average molecular weight is 315 g/mol. The molecule has 3 N–H and O–H groups in total. The van der Waals surface area contributed by atoms with E-state index in [4.69, 9.17) is 10.2 Å². The number of nitrogens with zero attached hydrogens (tertiary/aromatic N) is 2. The van der Waals surface area contributed by atoms with Gasteiger partial charge in [0, 0.05) is 25.8 Å². The Balaban J connectivity index is 2.28. The minimum absolute atomic E-state index is 0.113. The van der Waals surface area contributed by atoms with E-state index in [1.807, 2.05) is 0 Å². The first-order chi connectivity index (χ1) is 9.70. The van der Waals surface area contributed by atoms with Crippen molar-refractivity contribution in [2.75, 3.05) is 6.54 Å². The average Bonchev–Trinajstić information content (AvgIpc) is 2.93. The van der Waals surface area contributed by atoms with Gasteiger partial charge in [0.25, 0.3) is 5.91 Å². The molecular formula is C12H17N3O5S. The molecule has 1 unspecified atom stereocenters. The van der Waals surface area contributed by atoms with Crippen molar-refractivity contribution in [3.63, 3.8) is 0 Å². The van der Waals surface area contributed by atoms with E-state index < -0.39 is 16.0 Å². The van der Waals surface area contributed by atoms with E-state index in [0.29, 0.717) is 13.0 Å². The van der Waals surface area contributed by atoms with Crippen molar-refractivity contribution in [3.05, 3.63) is 18.0 Å². The van der Waals surface area contributed by atoms with Gasteiger partial charge in [0.15, 0.2) is 0 Å². The van der Waals surface area contributed by atoms with Crippen molar-refractivity contribution >= 4 is 21.9 Å². The third-order valence-corrected chi connectivity index (χ3v) is 4.46. The summed E-state index contributed by atoms with van der Waals surface area (Å²) in [6, 6.07) is 0.858. The van der Waals surface area contributed by atoms with Gasteiger partial charge in [-0.25, -0.2) is 13.6 Å². The van der Waals surface area contributed by atoms with Crippen LogP contribution < -0.4 is 5.14 Å². The molecule has 0 aliphatic carbocycles. The second-order valence-electron chi connectivity index (χ2n) is 5.11. The van der Waals surface area contributed by atoms with Gasteiger partial charge in [-0.3, -0.25) is 9.59 Å². The largest absolute Gasteiger partial charge is 0.481 e. The van der Waals surface area contributed by atoms with Gasteiger partial charge >= 0.3 is 5.97 Å². The van der Waals surface area contributed by atoms with Crippen LogP contribution in [0.25, 0.3) is 0 Å². The maximum atomic E-state index is 12.5. The number of aryl methyl sites for hydroxylation is 1. The maximum Gasteiger partial charge on any atom is 0.305 e. The standard InChI is InChI=1S/C12H17N3O5S/c1-14-7-9(21(13,19)20)6-10(14)12(18)15-4-2-3-8(15)5-11(16)17/h6-8H,2-5H2,1H3,(H,16,17)(H2,13,19,20). The zero-order valence-electron chi connectivity index (χ0n) is 11.5. The lowest BCUT2D eigenvalue weighted by Crippen LogP contribution is -2.37. The first kappa shape index (κ1) is 15.5. The number of carboxylic acids is 1. The van der Waals surface area contributed by atoms with Crippen LogP contribution >= 0.6 is 0 Å². The Kier molecular flexibility index (Phi) is 4.06. The van der Waals surface area contributed by atoms with Crippen molar-refractivity contribution in [3.8, 4) is 0 Å². The number of hydrogen-bond donors (Lipinski definition) is 2. The summed E-state index contributed by atoms with van der Waals surface area (Å²) in [5.74, 6) is -1.34. The molecule has 9 heteroatoms. The molecule has 2 heterocycles. The third kappa shape index (κ3) is 3.24. The molecule has 1 aliphatic rings. The summed E-state index contributed by atoms with van der Waals surface area (Å²) in [4.78, 5) is 24.6. The molecule has 1 saturated heterocycles. The molecule has 116 valence electrons. The lowest BCUT2D eigenvalue weighted by Gasteiger charge is -2.23. The number of carboxylic acid groups (broad SMARTS) is 1. The Morgan fingerprint density at radius 2 is 2.14 bits per heavy atom. The smallest absolute Gasteiger partial charge is 0.305 e. The van der Waals surface area contributed by atoms with Gasteiger partial charge in [0.05, 0.1) is 6.42 Å². The highest BCUT2D eigenvalue weighted by atomic mass is 32.2. The first-order valence-electron chi connectivity index (χ1n) is 6.42. The summed E-state index contributed by atoms with van der Waals surface area (Å²) >= 11 is 0. The fourth-order valence-corrected chi connectivity index (χ4v) is 3.15. The number of rotatable bonds is 4. The van der Waals surface area contributed by atoms with Gasteiger partial charge in [0.1, 0.15) is 10.6 Å². The summed E-state index contributed by atoms with van der Waals surface area (Å²) in [7, 11) is -2.33. The molecule has 2 rings (SSSR count). The molecule has 0 spiro atoms. The van der Waals surface area contributed by atoms with Crippen LogP contribution in [0, 0.1) is 0 Å². The van der Waals surface area contributed by atoms with Gasteiger partial charge in [-0.05, 0) is 18.9 Å². The predicted molar refractivity (Wildman–Crippen MR) is 73.1 cm³/mol. The lowest BCUT2D eigenvalue weighted by atomic mass is 10.1. The number of amides is 1. The Morgan fingerprint density at radius 1 is 1.48 bits per heavy atom. The van der Waals surface area contributed by atoms with E-state index >= 15 is 0 Å². The van der Waals surface area contributed by atoms with E-state index in [1.165, 1.54) is 21.7 Å². The van der Waals surface area contributed by atoms with Crippen molar-refractivity contribution < 1.29 is 23.1 Å². The van der Waals surface area contributed by atoms with E-state index in [2.05, 4.69) is 0 Å². The van der Waals surface area contributed by atoms with E-state index in [0.717, 1.165) is 6.42 Å². The summed E-state index contributed by atoms with van der Waals surface area (Å²) in [6.45, 7) is 0.465. The zero-order valence-corrected chi connectivity index (χ0v) is 12.3. The number of primary sulfonamides is 1. The normalized spacial score (nSPS) is 19.0. The van der Waals surface area contributed by atoms with E-state index in [1.54, 1.807) is 7.05 Å². The molecule has 0 bridgehead atoms. The van der Waals surface area contributed by atoms with Crippen molar-refractivity contribution in [2.45, 2.75) is 30.2 Å². The van der Waals surface area contributed by atoms with E-state index in [9.17, 15) is 18.0 Å². The fraction of sp³-hybridized carbons (Fsp3) is 0.500. The number of carbonyl (C=O) groups is 2. The SMILES string of the molecule is Cn1cc(S(N)(=O)=O)cc1C(=O)N1CCCC1CC(=O)O. The molecule has 1 atom stereocenters. The van der Waals surface area contributed by atoms with Crippen molar-refractivity contribution in [1.29, 1.82) is 0 Å². The molecule has 1 fully saturated rings. The highest BCUT2D eigenvalue weighted by molar-refractivity contribution is 7.89. The van der Waals surface area contributed by atoms with E-state index in [-0.39, 0.29) is 29.0 Å². The highest BCUT2D eigenvalue weighted by Gasteiger charge is 2.32. The van der Waals surface area contributed by atoms with Gasteiger partial charge in [-0.15, -0.1) is 0 Å². The number of carbonyl (C=O) groups excluding carboxylic acids is 1. The number of aliphatic carboxylic acids is 1. The van der Waals surface area contributed by atoms with Crippen LogP contribution in [0.3, 0.4) is 0 Å². The minimum atomic E-state index is -3.88. The molecule has 1 aromatic rings. The molecule has 21 heavy (non-hydrogen) atoms. The number of likely N-dealkylation sites (tertiary alicyclic amines) is 1. The summed E-state index contributed by atoms with van der Waals surface area (Å²) in [5.41, 5.74) is 0.177. The molecule has 1 amide bonds. The van der Waals surface area contributed by atoms with Crippen LogP contribution in [0.1, 0.15) is 29.8 Å². The second-order valence-corrected chi connectivity index (χ2v) is 6.67. The Morgan fingerprint density at radius 3 is 2.67 bits per heavy atom. The second kappa shape index (κ2) is 5.49. The number of nitrogens with two attached hydrogens (primary N) is 1. The van der Waals surface area contributed by atoms with Gasteiger partial charge < -0.3 is 14.6 Å². The van der Waals surface area contributed by atoms with Crippen LogP contribution in [-0.4, -0.2) is 47.5 Å². The molecule has 0 radical (unpaired) electrons. The van der Waals surface area contributed by atoms with Gasteiger partial charge in [0.2, 0.25) is 10.0 Å². The summed E-state index contributed by atoms with van der Waals surface area (Å²) in [5, 5.41) is 13.9. The third-order valence-electron chi connectivity index (χ3n) is 3.58. The Bertz CT molecular complexity index is 679. The number of sulfonamides is 1. The molecule has 1 aliphatic heterocycles. The lowest BCUT2D eigenvalue weighted by molar-refractivity contribution is -0.137. The number of hydrogen-bond acceptors (Lipinski definition) is 4. The molecule has 0 saturated carbocycles. The van der Waals surface area contributed by atoms with Crippen LogP contribution in [0.4, 0.5) is 0 Å². The predicted octanol–water partition coefficient (Wildman–Crippen LogP) is -0.248. The quantitative estimate of drug-likeness (QED) is 0.793. The minimum Gasteiger partial charge on any atom is -0.481 e. The topological polar surface area (TPSA) is 123 Å². The van der Waals surface area contributed by atoms with Crippen molar-refractivity contribution in [2.24, 2.45) is 12.2 Å². The molecule has 1 aromatic heterocycles. The highest BCUT2D eigenvalue weighted by Crippen LogP contribution is 2.23. The Hall–Kier alpha value is -1.87. The van der Waals surface area contributed by atoms with Gasteiger partial charge in [-0.1, -0.05) is 0 Å². The number of aromatic nitrogens is 1. The zero-order chi connectivity index (χ0) is 15.8. The van der Waals surface area contributed by atoms with Crippen LogP contribution in [0.15, 0.2) is 17.2 Å². The molecular weight excluding hydrogens is 298 g/mol. The monoisotopic (exact) mass is 315 g/mol. The first-order valence-corrected chi connectivity index (χ1v) is 7.96. The van der Waals surface area contributed by atoms with Crippen LogP contribution in [0.5, 0.6) is 0 Å². The Labute approximate surface area is 122 Å². The summed E-state index contributed by atoms with van der Waals surface area (Å²) in [6.07, 6.45) is 2.52. The molecule has 8 nitrogen and oxygen atoms in total. The van der Waals surface area contributed by atoms with Crippen LogP contribution in [0.2, 0.25) is 0 Å².